The van der Waals surface area contributed by atoms with Crippen LogP contribution in [0.4, 0.5) is 15.9 Å². The summed E-state index contributed by atoms with van der Waals surface area (Å²) in [6, 6.07) is 13.3. The van der Waals surface area contributed by atoms with Crippen LogP contribution in [0.1, 0.15) is 12.5 Å². The molecule has 8 nitrogen and oxygen atoms in total. The van der Waals surface area contributed by atoms with Gasteiger partial charge in [-0.05, 0) is 30.7 Å². The van der Waals surface area contributed by atoms with Gasteiger partial charge in [0.25, 0.3) is 5.69 Å². The second-order valence-electron chi connectivity index (χ2n) is 6.13. The van der Waals surface area contributed by atoms with Crippen molar-refractivity contribution in [2.75, 3.05) is 19.1 Å². The number of hydrogen-bond donors (Lipinski definition) is 1. The molecule has 1 heterocycles. The molecule has 0 aliphatic heterocycles. The minimum atomic E-state index is -0.527. The number of aromatic nitrogens is 1. The number of pyridine rings is 1. The summed E-state index contributed by atoms with van der Waals surface area (Å²) in [7, 11) is 0. The van der Waals surface area contributed by atoms with Crippen LogP contribution < -0.4 is 10.5 Å². The SMILES string of the molecule is CCOCOc1cc(F)ccc1-c1cc(-c2cccc([N+](=O)[O-])c2)c(C#N)c(N)n1. The summed E-state index contributed by atoms with van der Waals surface area (Å²) in [5, 5.41) is 20.7. The molecule has 2 N–H and O–H groups in total. The van der Waals surface area contributed by atoms with Crippen LogP contribution in [0.15, 0.2) is 48.5 Å². The van der Waals surface area contributed by atoms with Gasteiger partial charge in [0, 0.05) is 35.9 Å². The predicted octanol–water partition coefficient (Wildman–Crippen LogP) is 4.29. The number of ether oxygens (including phenoxy) is 2. The van der Waals surface area contributed by atoms with Crippen molar-refractivity contribution in [1.82, 2.24) is 4.98 Å². The summed E-state index contributed by atoms with van der Waals surface area (Å²) in [5.74, 6) is -0.382. The molecule has 0 bridgehead atoms. The Morgan fingerprint density at radius 1 is 1.23 bits per heavy atom. The molecule has 0 saturated heterocycles. The van der Waals surface area contributed by atoms with Gasteiger partial charge < -0.3 is 15.2 Å². The lowest BCUT2D eigenvalue weighted by Crippen LogP contribution is -2.05. The standard InChI is InChI=1S/C21H17FN4O4/c1-2-29-12-30-20-9-14(22)6-7-16(20)19-10-17(18(11-23)21(24)25-19)13-4-3-5-15(8-13)26(27)28/h3-10H,2,12H2,1H3,(H2,24,25). The van der Waals surface area contributed by atoms with Crippen molar-refractivity contribution < 1.29 is 18.8 Å². The number of nitrogens with zero attached hydrogens (tertiary/aromatic N) is 3. The monoisotopic (exact) mass is 408 g/mol. The van der Waals surface area contributed by atoms with Crippen molar-refractivity contribution in [3.05, 3.63) is 70.0 Å². The molecule has 3 aromatic rings. The number of halogens is 1. The Labute approximate surface area is 171 Å². The first kappa shape index (κ1) is 20.7. The maximum atomic E-state index is 13.8. The number of anilines is 1. The van der Waals surface area contributed by atoms with E-state index in [0.717, 1.165) is 0 Å². The summed E-state index contributed by atoms with van der Waals surface area (Å²) in [5.41, 5.74) is 7.49. The second kappa shape index (κ2) is 8.98. The number of nitrogen functional groups attached to an aromatic ring is 1. The van der Waals surface area contributed by atoms with Crippen LogP contribution >= 0.6 is 0 Å². The van der Waals surface area contributed by atoms with E-state index in [1.54, 1.807) is 19.1 Å². The summed E-state index contributed by atoms with van der Waals surface area (Å²) < 4.78 is 24.4. The van der Waals surface area contributed by atoms with E-state index < -0.39 is 10.7 Å². The molecule has 0 unspecified atom stereocenters. The van der Waals surface area contributed by atoms with Crippen LogP contribution in [0.3, 0.4) is 0 Å². The first-order valence-corrected chi connectivity index (χ1v) is 8.90. The average Bonchev–Trinajstić information content (AvgIpc) is 2.73. The highest BCUT2D eigenvalue weighted by Gasteiger charge is 2.18. The fourth-order valence-electron chi connectivity index (χ4n) is 2.85. The molecule has 0 saturated carbocycles. The molecule has 0 radical (unpaired) electrons. The normalized spacial score (nSPS) is 10.4. The van der Waals surface area contributed by atoms with E-state index in [1.165, 1.54) is 36.4 Å². The number of benzene rings is 2. The summed E-state index contributed by atoms with van der Waals surface area (Å²) in [6.45, 7) is 2.13. The molecule has 30 heavy (non-hydrogen) atoms. The zero-order valence-electron chi connectivity index (χ0n) is 16.0. The first-order chi connectivity index (χ1) is 14.4. The Bertz CT molecular complexity index is 1140. The van der Waals surface area contributed by atoms with E-state index in [1.807, 2.05) is 6.07 Å². The summed E-state index contributed by atoms with van der Waals surface area (Å²) >= 11 is 0. The molecular weight excluding hydrogens is 391 g/mol. The zero-order chi connectivity index (χ0) is 21.7. The van der Waals surface area contributed by atoms with Crippen molar-refractivity contribution in [3.63, 3.8) is 0 Å². The maximum absolute atomic E-state index is 13.8. The van der Waals surface area contributed by atoms with Crippen LogP contribution in [0.25, 0.3) is 22.4 Å². The molecule has 1 aromatic heterocycles. The van der Waals surface area contributed by atoms with E-state index in [9.17, 15) is 19.8 Å². The van der Waals surface area contributed by atoms with Crippen LogP contribution in [0.5, 0.6) is 5.75 Å². The fraction of sp³-hybridized carbons (Fsp3) is 0.143. The smallest absolute Gasteiger partial charge is 0.270 e. The minimum Gasteiger partial charge on any atom is -0.467 e. The van der Waals surface area contributed by atoms with Gasteiger partial charge in [-0.25, -0.2) is 9.37 Å². The van der Waals surface area contributed by atoms with Crippen molar-refractivity contribution >= 4 is 11.5 Å². The topological polar surface area (TPSA) is 124 Å². The van der Waals surface area contributed by atoms with Gasteiger partial charge in [-0.3, -0.25) is 10.1 Å². The molecule has 9 heteroatoms. The van der Waals surface area contributed by atoms with Gasteiger partial charge in [0.05, 0.1) is 10.6 Å². The third kappa shape index (κ3) is 4.34. The van der Waals surface area contributed by atoms with Crippen molar-refractivity contribution in [2.45, 2.75) is 6.92 Å². The third-order valence-electron chi connectivity index (χ3n) is 4.25. The van der Waals surface area contributed by atoms with E-state index in [-0.39, 0.29) is 29.6 Å². The van der Waals surface area contributed by atoms with E-state index in [4.69, 9.17) is 15.2 Å². The number of nitro groups is 1. The van der Waals surface area contributed by atoms with Gasteiger partial charge in [-0.1, -0.05) is 12.1 Å². The fourth-order valence-corrected chi connectivity index (χ4v) is 2.85. The Morgan fingerprint density at radius 3 is 2.73 bits per heavy atom. The zero-order valence-corrected chi connectivity index (χ0v) is 16.0. The lowest BCUT2D eigenvalue weighted by atomic mass is 9.98. The molecule has 0 aliphatic rings. The molecule has 2 aromatic carbocycles. The van der Waals surface area contributed by atoms with Crippen LogP contribution in [0, 0.1) is 27.3 Å². The summed E-state index contributed by atoms with van der Waals surface area (Å²) in [6.07, 6.45) is 0. The van der Waals surface area contributed by atoms with E-state index >= 15 is 0 Å². The highest BCUT2D eigenvalue weighted by Crippen LogP contribution is 2.36. The highest BCUT2D eigenvalue weighted by atomic mass is 19.1. The molecule has 0 atom stereocenters. The van der Waals surface area contributed by atoms with Gasteiger partial charge in [0.1, 0.15) is 29.0 Å². The molecule has 0 spiro atoms. The number of non-ortho nitro benzene ring substituents is 1. The van der Waals surface area contributed by atoms with E-state index in [2.05, 4.69) is 4.98 Å². The van der Waals surface area contributed by atoms with Gasteiger partial charge >= 0.3 is 0 Å². The third-order valence-corrected chi connectivity index (χ3v) is 4.25. The van der Waals surface area contributed by atoms with Crippen molar-refractivity contribution in [2.24, 2.45) is 0 Å². The number of hydrogen-bond acceptors (Lipinski definition) is 7. The highest BCUT2D eigenvalue weighted by molar-refractivity contribution is 5.82. The van der Waals surface area contributed by atoms with E-state index in [0.29, 0.717) is 29.0 Å². The molecule has 3 rings (SSSR count). The average molecular weight is 408 g/mol. The van der Waals surface area contributed by atoms with Gasteiger partial charge in [-0.2, -0.15) is 5.26 Å². The molecule has 0 amide bonds. The Balaban J connectivity index is 2.16. The Morgan fingerprint density at radius 2 is 2.03 bits per heavy atom. The number of nitro benzene ring substituents is 1. The molecule has 152 valence electrons. The van der Waals surface area contributed by atoms with Gasteiger partial charge in [-0.15, -0.1) is 0 Å². The van der Waals surface area contributed by atoms with Crippen molar-refractivity contribution in [1.29, 1.82) is 5.26 Å². The van der Waals surface area contributed by atoms with Crippen LogP contribution in [-0.2, 0) is 4.74 Å². The maximum Gasteiger partial charge on any atom is 0.270 e. The molecule has 0 fully saturated rings. The number of rotatable bonds is 7. The largest absolute Gasteiger partial charge is 0.467 e. The number of nitriles is 1. The van der Waals surface area contributed by atoms with Crippen LogP contribution in [0.2, 0.25) is 0 Å². The Kier molecular flexibility index (Phi) is 6.20. The molecule has 0 aliphatic carbocycles. The van der Waals surface area contributed by atoms with Gasteiger partial charge in [0.15, 0.2) is 6.79 Å². The lowest BCUT2D eigenvalue weighted by Gasteiger charge is -2.14. The summed E-state index contributed by atoms with van der Waals surface area (Å²) in [4.78, 5) is 14.9. The first-order valence-electron chi connectivity index (χ1n) is 8.90. The van der Waals surface area contributed by atoms with Crippen LogP contribution in [-0.4, -0.2) is 23.3 Å². The van der Waals surface area contributed by atoms with Crippen molar-refractivity contribution in [3.8, 4) is 34.2 Å². The van der Waals surface area contributed by atoms with Gasteiger partial charge in [0.2, 0.25) is 0 Å². The second-order valence-corrected chi connectivity index (χ2v) is 6.13. The Hall–Kier alpha value is -4.03. The quantitative estimate of drug-likeness (QED) is 0.268. The number of nitrogens with two attached hydrogens (primary N) is 1. The molecular formula is C21H17FN4O4. The lowest BCUT2D eigenvalue weighted by molar-refractivity contribution is -0.384. The minimum absolute atomic E-state index is 0.0587. The predicted molar refractivity (Wildman–Crippen MR) is 108 cm³/mol.